The average molecular weight is 278 g/mol. The zero-order chi connectivity index (χ0) is 15.2. The third-order valence-corrected chi connectivity index (χ3v) is 3.02. The normalized spacial score (nSPS) is 13.1. The monoisotopic (exact) mass is 278 g/mol. The minimum Gasteiger partial charge on any atom is -0.391 e. The van der Waals surface area contributed by atoms with Crippen LogP contribution in [0.25, 0.3) is 0 Å². The molecule has 112 valence electrons. The molecule has 0 saturated carbocycles. The van der Waals surface area contributed by atoms with Crippen molar-refractivity contribution in [1.82, 2.24) is 5.32 Å². The first-order chi connectivity index (χ1) is 9.33. The Labute approximate surface area is 121 Å². The number of carbonyl (C=O) groups excluding carboxylic acids is 1. The number of amides is 1. The molecule has 4 heteroatoms. The van der Waals surface area contributed by atoms with E-state index < -0.39 is 6.10 Å². The van der Waals surface area contributed by atoms with Crippen LogP contribution in [0.1, 0.15) is 43.1 Å². The van der Waals surface area contributed by atoms with Gasteiger partial charge in [-0.2, -0.15) is 0 Å². The van der Waals surface area contributed by atoms with Crippen LogP contribution in [0, 0.1) is 5.41 Å². The van der Waals surface area contributed by atoms with Crippen molar-refractivity contribution in [2.45, 2.75) is 39.7 Å². The average Bonchev–Trinajstić information content (AvgIpc) is 2.35. The first-order valence-corrected chi connectivity index (χ1v) is 7.08. The van der Waals surface area contributed by atoms with Gasteiger partial charge in [0.05, 0.1) is 6.10 Å². The molecule has 1 amide bonds. The van der Waals surface area contributed by atoms with Gasteiger partial charge in [0, 0.05) is 12.1 Å². The Morgan fingerprint density at radius 1 is 1.35 bits per heavy atom. The van der Waals surface area contributed by atoms with Crippen LogP contribution in [-0.2, 0) is 6.42 Å². The fourth-order valence-corrected chi connectivity index (χ4v) is 2.20. The summed E-state index contributed by atoms with van der Waals surface area (Å²) in [6.45, 7) is 6.97. The lowest BCUT2D eigenvalue weighted by molar-refractivity contribution is 0.0868. The predicted octanol–water partition coefficient (Wildman–Crippen LogP) is 1.71. The van der Waals surface area contributed by atoms with Crippen LogP contribution in [0.4, 0.5) is 0 Å². The summed E-state index contributed by atoms with van der Waals surface area (Å²) in [6, 6.07) is 7.43. The van der Waals surface area contributed by atoms with Crippen molar-refractivity contribution < 1.29 is 9.90 Å². The number of carbonyl (C=O) groups is 1. The number of nitrogens with one attached hydrogen (secondary N) is 1. The summed E-state index contributed by atoms with van der Waals surface area (Å²) in [4.78, 5) is 12.1. The van der Waals surface area contributed by atoms with Crippen LogP contribution in [0.5, 0.6) is 0 Å². The van der Waals surface area contributed by atoms with Crippen LogP contribution in [0.2, 0.25) is 0 Å². The van der Waals surface area contributed by atoms with E-state index in [1.807, 2.05) is 18.2 Å². The van der Waals surface area contributed by atoms with E-state index in [0.29, 0.717) is 24.9 Å². The van der Waals surface area contributed by atoms with E-state index in [2.05, 4.69) is 26.1 Å². The van der Waals surface area contributed by atoms with Gasteiger partial charge >= 0.3 is 0 Å². The van der Waals surface area contributed by atoms with Crippen LogP contribution < -0.4 is 11.1 Å². The molecule has 0 aliphatic heterocycles. The van der Waals surface area contributed by atoms with E-state index in [0.717, 1.165) is 5.56 Å². The molecule has 0 saturated heterocycles. The predicted molar refractivity (Wildman–Crippen MR) is 81.6 cm³/mol. The van der Waals surface area contributed by atoms with Crippen LogP contribution in [0.3, 0.4) is 0 Å². The van der Waals surface area contributed by atoms with E-state index in [1.54, 1.807) is 6.07 Å². The van der Waals surface area contributed by atoms with Gasteiger partial charge in [0.25, 0.3) is 5.91 Å². The van der Waals surface area contributed by atoms with Crippen molar-refractivity contribution in [2.24, 2.45) is 11.1 Å². The molecule has 1 aromatic carbocycles. The van der Waals surface area contributed by atoms with Crippen LogP contribution in [-0.4, -0.2) is 30.2 Å². The van der Waals surface area contributed by atoms with E-state index in [-0.39, 0.29) is 17.9 Å². The third-order valence-electron chi connectivity index (χ3n) is 3.02. The molecule has 0 aromatic heterocycles. The highest BCUT2D eigenvalue weighted by atomic mass is 16.3. The molecule has 0 heterocycles. The molecule has 0 spiro atoms. The molecule has 1 unspecified atom stereocenters. The maximum absolute atomic E-state index is 12.1. The minimum atomic E-state index is -0.527. The van der Waals surface area contributed by atoms with Gasteiger partial charge in [-0.3, -0.25) is 4.79 Å². The summed E-state index contributed by atoms with van der Waals surface area (Å²) >= 11 is 0. The number of nitrogens with two attached hydrogens (primary N) is 1. The van der Waals surface area contributed by atoms with Crippen LogP contribution in [0.15, 0.2) is 24.3 Å². The highest BCUT2D eigenvalue weighted by Gasteiger charge is 2.18. The van der Waals surface area contributed by atoms with Gasteiger partial charge in [0.2, 0.25) is 0 Å². The number of benzene rings is 1. The summed E-state index contributed by atoms with van der Waals surface area (Å²) in [5, 5.41) is 12.7. The van der Waals surface area contributed by atoms with Gasteiger partial charge in [-0.25, -0.2) is 0 Å². The molecule has 1 rings (SSSR count). The molecule has 0 aliphatic carbocycles. The second kappa shape index (κ2) is 7.41. The van der Waals surface area contributed by atoms with Crippen molar-refractivity contribution in [3.05, 3.63) is 35.4 Å². The van der Waals surface area contributed by atoms with Gasteiger partial charge in [0.1, 0.15) is 0 Å². The molecule has 0 aliphatic rings. The Kier molecular flexibility index (Phi) is 6.17. The van der Waals surface area contributed by atoms with Gasteiger partial charge in [-0.15, -0.1) is 0 Å². The molecule has 4 nitrogen and oxygen atoms in total. The Balaban J connectivity index is 2.59. The van der Waals surface area contributed by atoms with Gasteiger partial charge in [-0.05, 0) is 36.4 Å². The maximum Gasteiger partial charge on any atom is 0.251 e. The lowest BCUT2D eigenvalue weighted by Crippen LogP contribution is -2.34. The van der Waals surface area contributed by atoms with E-state index in [1.165, 1.54) is 0 Å². The smallest absolute Gasteiger partial charge is 0.251 e. The SMILES string of the molecule is CC(C)(C)CC(O)CNC(=O)c1ccccc1CCN. The molecule has 0 fully saturated rings. The van der Waals surface area contributed by atoms with Crippen molar-refractivity contribution in [1.29, 1.82) is 0 Å². The van der Waals surface area contributed by atoms with Crippen molar-refractivity contribution >= 4 is 5.91 Å². The highest BCUT2D eigenvalue weighted by molar-refractivity contribution is 5.95. The fourth-order valence-electron chi connectivity index (χ4n) is 2.20. The summed E-state index contributed by atoms with van der Waals surface area (Å²) in [7, 11) is 0. The molecular formula is C16H26N2O2. The number of hydrogen-bond donors (Lipinski definition) is 3. The molecular weight excluding hydrogens is 252 g/mol. The van der Waals surface area contributed by atoms with Crippen molar-refractivity contribution in [3.8, 4) is 0 Å². The fraction of sp³-hybridized carbons (Fsp3) is 0.562. The lowest BCUT2D eigenvalue weighted by Gasteiger charge is -2.22. The van der Waals surface area contributed by atoms with Crippen molar-refractivity contribution in [2.75, 3.05) is 13.1 Å². The summed E-state index contributed by atoms with van der Waals surface area (Å²) in [5.74, 6) is -0.151. The largest absolute Gasteiger partial charge is 0.391 e. The van der Waals surface area contributed by atoms with E-state index >= 15 is 0 Å². The summed E-state index contributed by atoms with van der Waals surface area (Å²) < 4.78 is 0. The number of aliphatic hydroxyl groups excluding tert-OH is 1. The Morgan fingerprint density at radius 3 is 2.60 bits per heavy atom. The summed E-state index contributed by atoms with van der Waals surface area (Å²) in [6.07, 6.45) is 0.798. The standard InChI is InChI=1S/C16H26N2O2/c1-16(2,3)10-13(19)11-18-15(20)14-7-5-4-6-12(14)8-9-17/h4-7,13,19H,8-11,17H2,1-3H3,(H,18,20). The molecule has 1 aromatic rings. The lowest BCUT2D eigenvalue weighted by atomic mass is 9.89. The Hall–Kier alpha value is -1.39. The van der Waals surface area contributed by atoms with Crippen LogP contribution >= 0.6 is 0 Å². The Morgan fingerprint density at radius 2 is 2.00 bits per heavy atom. The second-order valence-corrected chi connectivity index (χ2v) is 6.32. The minimum absolute atomic E-state index is 0.0433. The van der Waals surface area contributed by atoms with E-state index in [9.17, 15) is 9.90 Å². The highest BCUT2D eigenvalue weighted by Crippen LogP contribution is 2.20. The van der Waals surface area contributed by atoms with Crippen molar-refractivity contribution in [3.63, 3.8) is 0 Å². The number of aliphatic hydroxyl groups is 1. The first-order valence-electron chi connectivity index (χ1n) is 7.08. The maximum atomic E-state index is 12.1. The van der Waals surface area contributed by atoms with Gasteiger partial charge < -0.3 is 16.2 Å². The summed E-state index contributed by atoms with van der Waals surface area (Å²) in [5.41, 5.74) is 7.17. The third kappa shape index (κ3) is 5.72. The molecule has 0 bridgehead atoms. The molecule has 20 heavy (non-hydrogen) atoms. The molecule has 4 N–H and O–H groups in total. The first kappa shape index (κ1) is 16.7. The zero-order valence-electron chi connectivity index (χ0n) is 12.6. The molecule has 0 radical (unpaired) electrons. The Bertz CT molecular complexity index is 438. The topological polar surface area (TPSA) is 75.3 Å². The number of hydrogen-bond acceptors (Lipinski definition) is 3. The molecule has 1 atom stereocenters. The van der Waals surface area contributed by atoms with E-state index in [4.69, 9.17) is 5.73 Å². The number of rotatable bonds is 6. The zero-order valence-corrected chi connectivity index (χ0v) is 12.6. The van der Waals surface area contributed by atoms with Gasteiger partial charge in [-0.1, -0.05) is 39.0 Å². The van der Waals surface area contributed by atoms with Gasteiger partial charge in [0.15, 0.2) is 0 Å². The second-order valence-electron chi connectivity index (χ2n) is 6.32. The quantitative estimate of drug-likeness (QED) is 0.741.